The number of methoxy groups -OCH3 is 2. The molecule has 0 saturated heterocycles. The van der Waals surface area contributed by atoms with Gasteiger partial charge in [-0.25, -0.2) is 0 Å². The Labute approximate surface area is 117 Å². The molecule has 0 aliphatic carbocycles. The maximum absolute atomic E-state index is 10.4. The Kier molecular flexibility index (Phi) is 4.30. The van der Waals surface area contributed by atoms with Crippen LogP contribution in [0.3, 0.4) is 0 Å². The summed E-state index contributed by atoms with van der Waals surface area (Å²) in [6.45, 7) is 0. The minimum Gasteiger partial charge on any atom is -0.497 e. The summed E-state index contributed by atoms with van der Waals surface area (Å²) < 4.78 is 10.3. The third-order valence-electron chi connectivity index (χ3n) is 2.94. The van der Waals surface area contributed by atoms with Crippen LogP contribution >= 0.6 is 11.6 Å². The van der Waals surface area contributed by atoms with Crippen LogP contribution in [0.25, 0.3) is 0 Å². The standard InChI is InChI=1S/C15H15ClO3/c1-18-10-7-8-11(13(16)9-10)15(17)12-5-3-4-6-14(12)19-2/h3-9,15,17H,1-2H3. The normalized spacial score (nSPS) is 12.0. The van der Waals surface area contributed by atoms with E-state index < -0.39 is 6.10 Å². The Balaban J connectivity index is 2.41. The summed E-state index contributed by atoms with van der Waals surface area (Å²) in [5, 5.41) is 10.9. The van der Waals surface area contributed by atoms with Crippen molar-refractivity contribution < 1.29 is 14.6 Å². The number of ether oxygens (including phenoxy) is 2. The summed E-state index contributed by atoms with van der Waals surface area (Å²) in [6.07, 6.45) is -0.838. The van der Waals surface area contributed by atoms with Gasteiger partial charge in [-0.3, -0.25) is 0 Å². The predicted octanol–water partition coefficient (Wildman–Crippen LogP) is 3.44. The van der Waals surface area contributed by atoms with Crippen molar-refractivity contribution in [2.75, 3.05) is 14.2 Å². The molecule has 0 aliphatic rings. The van der Waals surface area contributed by atoms with Crippen LogP contribution in [0.4, 0.5) is 0 Å². The summed E-state index contributed by atoms with van der Waals surface area (Å²) in [7, 11) is 3.14. The highest BCUT2D eigenvalue weighted by Crippen LogP contribution is 2.34. The SMILES string of the molecule is COc1ccc(C(O)c2ccccc2OC)c(Cl)c1. The van der Waals surface area contributed by atoms with Gasteiger partial charge in [0.15, 0.2) is 0 Å². The van der Waals surface area contributed by atoms with Crippen LogP contribution in [-0.2, 0) is 0 Å². The molecule has 2 aromatic carbocycles. The summed E-state index contributed by atoms with van der Waals surface area (Å²) >= 11 is 6.17. The molecule has 0 aliphatic heterocycles. The number of rotatable bonds is 4. The molecule has 0 heterocycles. The van der Waals surface area contributed by atoms with Crippen molar-refractivity contribution in [1.82, 2.24) is 0 Å². The lowest BCUT2D eigenvalue weighted by Crippen LogP contribution is -2.03. The molecule has 0 spiro atoms. The Morgan fingerprint density at radius 1 is 1.00 bits per heavy atom. The van der Waals surface area contributed by atoms with E-state index in [4.69, 9.17) is 21.1 Å². The Bertz CT molecular complexity index is 569. The van der Waals surface area contributed by atoms with Gasteiger partial charge in [-0.15, -0.1) is 0 Å². The second kappa shape index (κ2) is 5.95. The van der Waals surface area contributed by atoms with Gasteiger partial charge in [-0.1, -0.05) is 35.9 Å². The second-order valence-corrected chi connectivity index (χ2v) is 4.44. The van der Waals surface area contributed by atoms with Crippen LogP contribution in [0.15, 0.2) is 42.5 Å². The molecule has 0 fully saturated rings. The first-order valence-electron chi connectivity index (χ1n) is 5.81. The number of aliphatic hydroxyl groups excluding tert-OH is 1. The van der Waals surface area contributed by atoms with E-state index in [1.54, 1.807) is 38.5 Å². The maximum atomic E-state index is 10.4. The van der Waals surface area contributed by atoms with Gasteiger partial charge in [0.1, 0.15) is 17.6 Å². The first-order chi connectivity index (χ1) is 9.17. The van der Waals surface area contributed by atoms with Gasteiger partial charge < -0.3 is 14.6 Å². The fourth-order valence-electron chi connectivity index (χ4n) is 1.92. The third kappa shape index (κ3) is 2.83. The van der Waals surface area contributed by atoms with Gasteiger partial charge in [-0.05, 0) is 18.2 Å². The Morgan fingerprint density at radius 3 is 2.37 bits per heavy atom. The molecular formula is C15H15ClO3. The lowest BCUT2D eigenvalue weighted by atomic mass is 10.0. The molecular weight excluding hydrogens is 264 g/mol. The average molecular weight is 279 g/mol. The van der Waals surface area contributed by atoms with Crippen molar-refractivity contribution >= 4 is 11.6 Å². The van der Waals surface area contributed by atoms with Crippen LogP contribution in [0.5, 0.6) is 11.5 Å². The summed E-state index contributed by atoms with van der Waals surface area (Å²) in [5.41, 5.74) is 1.30. The van der Waals surface area contributed by atoms with Crippen molar-refractivity contribution in [3.05, 3.63) is 58.6 Å². The van der Waals surface area contributed by atoms with Crippen molar-refractivity contribution in [3.63, 3.8) is 0 Å². The van der Waals surface area contributed by atoms with Gasteiger partial charge in [0, 0.05) is 11.1 Å². The van der Waals surface area contributed by atoms with Crippen LogP contribution in [0.2, 0.25) is 5.02 Å². The summed E-state index contributed by atoms with van der Waals surface area (Å²) in [6, 6.07) is 12.5. The van der Waals surface area contributed by atoms with Crippen molar-refractivity contribution in [1.29, 1.82) is 0 Å². The number of benzene rings is 2. The zero-order valence-corrected chi connectivity index (χ0v) is 11.5. The van der Waals surface area contributed by atoms with Gasteiger partial charge in [0.05, 0.1) is 19.2 Å². The molecule has 100 valence electrons. The van der Waals surface area contributed by atoms with E-state index in [0.29, 0.717) is 27.6 Å². The molecule has 0 aromatic heterocycles. The van der Waals surface area contributed by atoms with E-state index in [1.165, 1.54) is 0 Å². The monoisotopic (exact) mass is 278 g/mol. The number of aliphatic hydroxyl groups is 1. The van der Waals surface area contributed by atoms with E-state index in [-0.39, 0.29) is 0 Å². The summed E-state index contributed by atoms with van der Waals surface area (Å²) in [4.78, 5) is 0. The molecule has 0 amide bonds. The molecule has 4 heteroatoms. The van der Waals surface area contributed by atoms with Crippen molar-refractivity contribution in [2.45, 2.75) is 6.10 Å². The van der Waals surface area contributed by atoms with Crippen LogP contribution in [0, 0.1) is 0 Å². The van der Waals surface area contributed by atoms with Gasteiger partial charge in [0.25, 0.3) is 0 Å². The minimum atomic E-state index is -0.838. The van der Waals surface area contributed by atoms with Crippen LogP contribution in [-0.4, -0.2) is 19.3 Å². The maximum Gasteiger partial charge on any atom is 0.125 e. The molecule has 3 nitrogen and oxygen atoms in total. The topological polar surface area (TPSA) is 38.7 Å². The number of para-hydroxylation sites is 1. The van der Waals surface area contributed by atoms with Crippen molar-refractivity contribution in [2.24, 2.45) is 0 Å². The lowest BCUT2D eigenvalue weighted by Gasteiger charge is -2.16. The highest BCUT2D eigenvalue weighted by atomic mass is 35.5. The molecule has 1 atom stereocenters. The van der Waals surface area contributed by atoms with Gasteiger partial charge in [-0.2, -0.15) is 0 Å². The number of halogens is 1. The zero-order chi connectivity index (χ0) is 13.8. The summed E-state index contributed by atoms with van der Waals surface area (Å²) in [5.74, 6) is 1.28. The number of hydrogen-bond donors (Lipinski definition) is 1. The highest BCUT2D eigenvalue weighted by Gasteiger charge is 2.17. The largest absolute Gasteiger partial charge is 0.497 e. The van der Waals surface area contributed by atoms with E-state index in [2.05, 4.69) is 0 Å². The lowest BCUT2D eigenvalue weighted by molar-refractivity contribution is 0.214. The first-order valence-corrected chi connectivity index (χ1v) is 6.19. The fourth-order valence-corrected chi connectivity index (χ4v) is 2.19. The molecule has 0 saturated carbocycles. The first kappa shape index (κ1) is 13.7. The molecule has 1 unspecified atom stereocenters. The smallest absolute Gasteiger partial charge is 0.125 e. The second-order valence-electron chi connectivity index (χ2n) is 4.03. The minimum absolute atomic E-state index is 0.456. The Morgan fingerprint density at radius 2 is 1.74 bits per heavy atom. The van der Waals surface area contributed by atoms with Gasteiger partial charge in [0.2, 0.25) is 0 Å². The number of hydrogen-bond acceptors (Lipinski definition) is 3. The molecule has 2 rings (SSSR count). The molecule has 2 aromatic rings. The molecule has 0 radical (unpaired) electrons. The highest BCUT2D eigenvalue weighted by molar-refractivity contribution is 6.31. The van der Waals surface area contributed by atoms with E-state index >= 15 is 0 Å². The van der Waals surface area contributed by atoms with Crippen LogP contribution < -0.4 is 9.47 Å². The predicted molar refractivity (Wildman–Crippen MR) is 75.1 cm³/mol. The molecule has 0 bridgehead atoms. The van der Waals surface area contributed by atoms with E-state index in [0.717, 1.165) is 0 Å². The van der Waals surface area contributed by atoms with E-state index in [1.807, 2.05) is 18.2 Å². The average Bonchev–Trinajstić information content (AvgIpc) is 2.46. The third-order valence-corrected chi connectivity index (χ3v) is 3.26. The molecule has 19 heavy (non-hydrogen) atoms. The molecule has 1 N–H and O–H groups in total. The van der Waals surface area contributed by atoms with Crippen LogP contribution in [0.1, 0.15) is 17.2 Å². The van der Waals surface area contributed by atoms with Gasteiger partial charge >= 0.3 is 0 Å². The Hall–Kier alpha value is -1.71. The quantitative estimate of drug-likeness (QED) is 0.931. The zero-order valence-electron chi connectivity index (χ0n) is 10.8. The fraction of sp³-hybridized carbons (Fsp3) is 0.200. The van der Waals surface area contributed by atoms with Crippen molar-refractivity contribution in [3.8, 4) is 11.5 Å². The van der Waals surface area contributed by atoms with E-state index in [9.17, 15) is 5.11 Å².